The first kappa shape index (κ1) is 10.5. The maximum Gasteiger partial charge on any atom is 0.145 e. The van der Waals surface area contributed by atoms with Gasteiger partial charge in [-0.1, -0.05) is 42.5 Å². The highest BCUT2D eigenvalue weighted by Crippen LogP contribution is 2.05. The molecule has 2 N–H and O–H groups in total. The number of nitrogen functional groups attached to an aromatic ring is 1. The molecular formula is C13H15N3. The van der Waals surface area contributed by atoms with E-state index in [-0.39, 0.29) is 0 Å². The van der Waals surface area contributed by atoms with E-state index < -0.39 is 0 Å². The van der Waals surface area contributed by atoms with Crippen LogP contribution in [0.5, 0.6) is 0 Å². The molecule has 0 bridgehead atoms. The molecule has 0 aliphatic rings. The van der Waals surface area contributed by atoms with Crippen LogP contribution in [0.4, 0.5) is 5.82 Å². The number of rotatable bonds is 3. The molecule has 1 heterocycles. The molecule has 3 heteroatoms. The Labute approximate surface area is 95.2 Å². The van der Waals surface area contributed by atoms with Gasteiger partial charge in [-0.3, -0.25) is 4.68 Å². The quantitative estimate of drug-likeness (QED) is 0.851. The average Bonchev–Trinajstić information content (AvgIpc) is 2.59. The fourth-order valence-electron chi connectivity index (χ4n) is 1.57. The minimum Gasteiger partial charge on any atom is -0.382 e. The van der Waals surface area contributed by atoms with Gasteiger partial charge in [0, 0.05) is 11.8 Å². The summed E-state index contributed by atoms with van der Waals surface area (Å²) in [4.78, 5) is 0. The van der Waals surface area contributed by atoms with Gasteiger partial charge in [-0.15, -0.1) is 0 Å². The van der Waals surface area contributed by atoms with E-state index >= 15 is 0 Å². The Morgan fingerprint density at radius 3 is 2.69 bits per heavy atom. The molecule has 3 nitrogen and oxygen atoms in total. The van der Waals surface area contributed by atoms with Crippen molar-refractivity contribution in [1.82, 2.24) is 9.78 Å². The Morgan fingerprint density at radius 2 is 2.06 bits per heavy atom. The van der Waals surface area contributed by atoms with Crippen LogP contribution in [0.3, 0.4) is 0 Å². The van der Waals surface area contributed by atoms with E-state index in [1.807, 2.05) is 35.9 Å². The monoisotopic (exact) mass is 213 g/mol. The van der Waals surface area contributed by atoms with Crippen LogP contribution in [0.2, 0.25) is 0 Å². The van der Waals surface area contributed by atoms with Crippen molar-refractivity contribution in [2.75, 3.05) is 5.73 Å². The van der Waals surface area contributed by atoms with Crippen molar-refractivity contribution < 1.29 is 0 Å². The third-order valence-corrected chi connectivity index (χ3v) is 2.39. The lowest BCUT2D eigenvalue weighted by atomic mass is 10.2. The van der Waals surface area contributed by atoms with Crippen LogP contribution in [0.25, 0.3) is 6.08 Å². The molecule has 0 saturated carbocycles. The van der Waals surface area contributed by atoms with Crippen LogP contribution in [-0.2, 0) is 6.54 Å². The van der Waals surface area contributed by atoms with Crippen molar-refractivity contribution in [2.45, 2.75) is 13.5 Å². The maximum absolute atomic E-state index is 5.61. The summed E-state index contributed by atoms with van der Waals surface area (Å²) < 4.78 is 1.88. The smallest absolute Gasteiger partial charge is 0.145 e. The first-order chi connectivity index (χ1) is 7.75. The highest BCUT2D eigenvalue weighted by atomic mass is 15.3. The number of aryl methyl sites for hydroxylation is 1. The van der Waals surface area contributed by atoms with Gasteiger partial charge in [0.1, 0.15) is 5.82 Å². The van der Waals surface area contributed by atoms with E-state index in [1.54, 1.807) is 0 Å². The zero-order valence-corrected chi connectivity index (χ0v) is 9.30. The van der Waals surface area contributed by atoms with E-state index in [9.17, 15) is 0 Å². The summed E-state index contributed by atoms with van der Waals surface area (Å²) in [5, 5.41) is 4.18. The number of benzene rings is 1. The zero-order chi connectivity index (χ0) is 11.4. The fourth-order valence-corrected chi connectivity index (χ4v) is 1.57. The summed E-state index contributed by atoms with van der Waals surface area (Å²) in [5.41, 5.74) is 7.88. The Morgan fingerprint density at radius 1 is 1.31 bits per heavy atom. The number of hydrogen-bond donors (Lipinski definition) is 1. The lowest BCUT2D eigenvalue weighted by molar-refractivity contribution is 0.683. The molecule has 2 aromatic rings. The lowest BCUT2D eigenvalue weighted by Crippen LogP contribution is -2.00. The highest BCUT2D eigenvalue weighted by Gasteiger charge is 1.97. The van der Waals surface area contributed by atoms with Gasteiger partial charge in [-0.2, -0.15) is 5.10 Å². The number of anilines is 1. The topological polar surface area (TPSA) is 43.8 Å². The van der Waals surface area contributed by atoms with Gasteiger partial charge < -0.3 is 5.73 Å². The van der Waals surface area contributed by atoms with Crippen molar-refractivity contribution in [2.24, 2.45) is 0 Å². The molecular weight excluding hydrogens is 198 g/mol. The number of aromatic nitrogens is 2. The summed E-state index contributed by atoms with van der Waals surface area (Å²) in [6.07, 6.45) is 4.16. The van der Waals surface area contributed by atoms with E-state index in [4.69, 9.17) is 5.73 Å². The maximum atomic E-state index is 5.61. The standard InChI is InChI=1S/C13H15N3/c1-11-10-13(14)15-16(11)9-5-8-12-6-3-2-4-7-12/h2-8,10H,9H2,1H3,(H2,14,15)/b8-5+. The zero-order valence-electron chi connectivity index (χ0n) is 9.30. The Balaban J connectivity index is 2.02. The molecule has 2 rings (SSSR count). The van der Waals surface area contributed by atoms with E-state index in [0.29, 0.717) is 5.82 Å². The van der Waals surface area contributed by atoms with Gasteiger partial charge in [-0.05, 0) is 12.5 Å². The normalized spacial score (nSPS) is 11.1. The van der Waals surface area contributed by atoms with Gasteiger partial charge in [-0.25, -0.2) is 0 Å². The van der Waals surface area contributed by atoms with Crippen LogP contribution in [0, 0.1) is 6.92 Å². The molecule has 0 spiro atoms. The highest BCUT2D eigenvalue weighted by molar-refractivity contribution is 5.48. The SMILES string of the molecule is Cc1cc(N)nn1C/C=C/c1ccccc1. The van der Waals surface area contributed by atoms with Crippen molar-refractivity contribution in [3.8, 4) is 0 Å². The minimum absolute atomic E-state index is 0.575. The Bertz CT molecular complexity index is 483. The summed E-state index contributed by atoms with van der Waals surface area (Å²) in [5.74, 6) is 0.575. The van der Waals surface area contributed by atoms with E-state index in [2.05, 4.69) is 29.4 Å². The van der Waals surface area contributed by atoms with Crippen LogP contribution in [0.1, 0.15) is 11.3 Å². The lowest BCUT2D eigenvalue weighted by Gasteiger charge is -1.98. The van der Waals surface area contributed by atoms with Gasteiger partial charge in [0.05, 0.1) is 6.54 Å². The van der Waals surface area contributed by atoms with Crippen LogP contribution >= 0.6 is 0 Å². The molecule has 1 aromatic carbocycles. The van der Waals surface area contributed by atoms with Gasteiger partial charge in [0.15, 0.2) is 0 Å². The second-order valence-corrected chi connectivity index (χ2v) is 3.71. The van der Waals surface area contributed by atoms with E-state index in [0.717, 1.165) is 12.2 Å². The summed E-state index contributed by atoms with van der Waals surface area (Å²) in [6.45, 7) is 2.75. The molecule has 0 saturated heterocycles. The van der Waals surface area contributed by atoms with Crippen molar-refractivity contribution >= 4 is 11.9 Å². The second kappa shape index (κ2) is 4.66. The minimum atomic E-state index is 0.575. The summed E-state index contributed by atoms with van der Waals surface area (Å²) >= 11 is 0. The first-order valence-electron chi connectivity index (χ1n) is 5.27. The number of nitrogens with zero attached hydrogens (tertiary/aromatic N) is 2. The molecule has 0 unspecified atom stereocenters. The van der Waals surface area contributed by atoms with Crippen LogP contribution < -0.4 is 5.73 Å². The van der Waals surface area contributed by atoms with Crippen molar-refractivity contribution in [3.63, 3.8) is 0 Å². The third-order valence-electron chi connectivity index (χ3n) is 2.39. The van der Waals surface area contributed by atoms with Gasteiger partial charge in [0.25, 0.3) is 0 Å². The molecule has 1 aromatic heterocycles. The van der Waals surface area contributed by atoms with Gasteiger partial charge >= 0.3 is 0 Å². The molecule has 0 aliphatic carbocycles. The molecule has 0 fully saturated rings. The van der Waals surface area contributed by atoms with Crippen molar-refractivity contribution in [3.05, 3.63) is 53.7 Å². The molecule has 0 atom stereocenters. The number of allylic oxidation sites excluding steroid dienone is 1. The van der Waals surface area contributed by atoms with Crippen molar-refractivity contribution in [1.29, 1.82) is 0 Å². The van der Waals surface area contributed by atoms with Crippen LogP contribution in [-0.4, -0.2) is 9.78 Å². The molecule has 16 heavy (non-hydrogen) atoms. The number of hydrogen-bond acceptors (Lipinski definition) is 2. The van der Waals surface area contributed by atoms with Crippen LogP contribution in [0.15, 0.2) is 42.5 Å². The summed E-state index contributed by atoms with van der Waals surface area (Å²) in [7, 11) is 0. The summed E-state index contributed by atoms with van der Waals surface area (Å²) in [6, 6.07) is 12.1. The third kappa shape index (κ3) is 2.51. The van der Waals surface area contributed by atoms with Gasteiger partial charge in [0.2, 0.25) is 0 Å². The predicted octanol–water partition coefficient (Wildman–Crippen LogP) is 2.49. The molecule has 82 valence electrons. The Kier molecular flexibility index (Phi) is 3.05. The first-order valence-corrected chi connectivity index (χ1v) is 5.27. The predicted molar refractivity (Wildman–Crippen MR) is 66.9 cm³/mol. The fraction of sp³-hybridized carbons (Fsp3) is 0.154. The largest absolute Gasteiger partial charge is 0.382 e. The second-order valence-electron chi connectivity index (χ2n) is 3.71. The number of nitrogens with two attached hydrogens (primary N) is 1. The Hall–Kier alpha value is -2.03. The molecule has 0 amide bonds. The van der Waals surface area contributed by atoms with E-state index in [1.165, 1.54) is 5.56 Å². The molecule has 0 aliphatic heterocycles. The average molecular weight is 213 g/mol. The molecule has 0 radical (unpaired) electrons.